The summed E-state index contributed by atoms with van der Waals surface area (Å²) in [6.07, 6.45) is -0.368. The zero-order chi connectivity index (χ0) is 19.5. The summed E-state index contributed by atoms with van der Waals surface area (Å²) in [6, 6.07) is 5.14. The number of piperazine rings is 1. The normalized spacial score (nSPS) is 14.8. The van der Waals surface area contributed by atoms with Crippen LogP contribution in [0, 0.1) is 0 Å². The van der Waals surface area contributed by atoms with E-state index in [4.69, 9.17) is 4.74 Å². The third kappa shape index (κ3) is 5.45. The molecule has 0 spiro atoms. The lowest BCUT2D eigenvalue weighted by atomic mass is 10.1. The summed E-state index contributed by atoms with van der Waals surface area (Å²) < 4.78 is 6.14. The van der Waals surface area contributed by atoms with Crippen molar-refractivity contribution in [3.63, 3.8) is 0 Å². The van der Waals surface area contributed by atoms with Crippen LogP contribution >= 0.6 is 15.9 Å². The molecule has 1 heterocycles. The molecule has 8 heteroatoms. The van der Waals surface area contributed by atoms with E-state index >= 15 is 0 Å². The van der Waals surface area contributed by atoms with E-state index in [1.54, 1.807) is 28.0 Å². The summed E-state index contributed by atoms with van der Waals surface area (Å²) in [6.45, 7) is 8.50. The topological polar surface area (TPSA) is 79.0 Å². The van der Waals surface area contributed by atoms with Gasteiger partial charge in [-0.15, -0.1) is 0 Å². The number of rotatable bonds is 2. The summed E-state index contributed by atoms with van der Waals surface area (Å²) in [5, 5.41) is 2.69. The van der Waals surface area contributed by atoms with E-state index in [1.165, 1.54) is 6.92 Å². The van der Waals surface area contributed by atoms with Crippen LogP contribution in [0.4, 0.5) is 10.5 Å². The maximum absolute atomic E-state index is 12.8. The van der Waals surface area contributed by atoms with Gasteiger partial charge < -0.3 is 19.9 Å². The van der Waals surface area contributed by atoms with Crippen molar-refractivity contribution >= 4 is 39.5 Å². The first-order valence-electron chi connectivity index (χ1n) is 8.41. The van der Waals surface area contributed by atoms with Crippen molar-refractivity contribution in [3.8, 4) is 0 Å². The van der Waals surface area contributed by atoms with Crippen LogP contribution in [-0.2, 0) is 9.53 Å². The van der Waals surface area contributed by atoms with Gasteiger partial charge in [0.15, 0.2) is 0 Å². The number of halogens is 1. The zero-order valence-electron chi connectivity index (χ0n) is 15.5. The number of amides is 3. The van der Waals surface area contributed by atoms with Crippen LogP contribution in [-0.4, -0.2) is 59.5 Å². The monoisotopic (exact) mass is 425 g/mol. The Balaban J connectivity index is 2.05. The van der Waals surface area contributed by atoms with Crippen LogP contribution < -0.4 is 5.32 Å². The maximum atomic E-state index is 12.8. The largest absolute Gasteiger partial charge is 0.444 e. The van der Waals surface area contributed by atoms with E-state index < -0.39 is 5.60 Å². The van der Waals surface area contributed by atoms with Crippen LogP contribution in [0.25, 0.3) is 0 Å². The molecule has 1 N–H and O–H groups in total. The molecule has 0 aromatic heterocycles. The zero-order valence-corrected chi connectivity index (χ0v) is 17.1. The Hall–Kier alpha value is -2.09. The highest BCUT2D eigenvalue weighted by Crippen LogP contribution is 2.24. The third-order valence-corrected chi connectivity index (χ3v) is 4.23. The Kier molecular flexibility index (Phi) is 6.28. The Morgan fingerprint density at radius 2 is 1.65 bits per heavy atom. The number of benzene rings is 1. The van der Waals surface area contributed by atoms with E-state index in [1.807, 2.05) is 20.8 Å². The van der Waals surface area contributed by atoms with E-state index in [0.717, 1.165) is 4.47 Å². The van der Waals surface area contributed by atoms with Crippen LogP contribution in [0.5, 0.6) is 0 Å². The van der Waals surface area contributed by atoms with Gasteiger partial charge in [0.1, 0.15) is 5.60 Å². The molecule has 1 aromatic rings. The molecule has 0 saturated carbocycles. The molecule has 0 unspecified atom stereocenters. The molecule has 26 heavy (non-hydrogen) atoms. The second kappa shape index (κ2) is 8.07. The predicted molar refractivity (Wildman–Crippen MR) is 102 cm³/mol. The first-order chi connectivity index (χ1) is 12.1. The summed E-state index contributed by atoms with van der Waals surface area (Å²) in [5.74, 6) is -0.419. The predicted octanol–water partition coefficient (Wildman–Crippen LogP) is 3.10. The fourth-order valence-electron chi connectivity index (χ4n) is 2.58. The molecule has 1 fully saturated rings. The lowest BCUT2D eigenvalue weighted by Crippen LogP contribution is -2.51. The van der Waals surface area contributed by atoms with Crippen molar-refractivity contribution in [2.45, 2.75) is 33.3 Å². The number of nitrogens with zero attached hydrogens (tertiary/aromatic N) is 2. The molecule has 7 nitrogen and oxygen atoms in total. The average molecular weight is 426 g/mol. The van der Waals surface area contributed by atoms with Crippen LogP contribution in [0.2, 0.25) is 0 Å². The number of carbonyl (C=O) groups excluding carboxylic acids is 3. The van der Waals surface area contributed by atoms with Gasteiger partial charge in [0.2, 0.25) is 5.91 Å². The molecule has 0 aliphatic carbocycles. The molecule has 2 rings (SSSR count). The molecule has 142 valence electrons. The van der Waals surface area contributed by atoms with Gasteiger partial charge in [-0.05, 0) is 39.0 Å². The fraction of sp³-hybridized carbons (Fsp3) is 0.500. The van der Waals surface area contributed by atoms with Crippen molar-refractivity contribution in [1.82, 2.24) is 9.80 Å². The van der Waals surface area contributed by atoms with E-state index in [9.17, 15) is 14.4 Å². The SMILES string of the molecule is CC(=O)Nc1cc(Br)ccc1C(=O)N1CCN(C(=O)OC(C)(C)C)CC1. The average Bonchev–Trinajstić information content (AvgIpc) is 2.52. The number of ether oxygens (including phenoxy) is 1. The molecule has 1 saturated heterocycles. The lowest BCUT2D eigenvalue weighted by molar-refractivity contribution is -0.114. The van der Waals surface area contributed by atoms with Gasteiger partial charge in [-0.3, -0.25) is 9.59 Å². The second-order valence-electron chi connectivity index (χ2n) is 7.13. The van der Waals surface area contributed by atoms with E-state index in [-0.39, 0.29) is 17.9 Å². The molecule has 0 bridgehead atoms. The molecule has 3 amide bonds. The summed E-state index contributed by atoms with van der Waals surface area (Å²) >= 11 is 3.34. The second-order valence-corrected chi connectivity index (χ2v) is 8.05. The summed E-state index contributed by atoms with van der Waals surface area (Å²) in [4.78, 5) is 39.6. The lowest BCUT2D eigenvalue weighted by Gasteiger charge is -2.35. The van der Waals surface area contributed by atoms with Gasteiger partial charge in [-0.1, -0.05) is 15.9 Å². The first-order valence-corrected chi connectivity index (χ1v) is 9.20. The Morgan fingerprint density at radius 1 is 1.08 bits per heavy atom. The molecule has 0 atom stereocenters. The summed E-state index contributed by atoms with van der Waals surface area (Å²) in [5.41, 5.74) is 0.343. The molecule has 1 aromatic carbocycles. The molecule has 1 aliphatic rings. The molecule has 0 radical (unpaired) electrons. The van der Waals surface area contributed by atoms with Crippen molar-refractivity contribution in [3.05, 3.63) is 28.2 Å². The highest BCUT2D eigenvalue weighted by Gasteiger charge is 2.29. The van der Waals surface area contributed by atoms with Gasteiger partial charge in [0.05, 0.1) is 11.3 Å². The standard InChI is InChI=1S/C18H24BrN3O4/c1-12(23)20-15-11-13(19)5-6-14(15)16(24)21-7-9-22(10-8-21)17(25)26-18(2,3)4/h5-6,11H,7-10H2,1-4H3,(H,20,23). The Bertz CT molecular complexity index is 707. The van der Waals surface area contributed by atoms with Gasteiger partial charge >= 0.3 is 6.09 Å². The van der Waals surface area contributed by atoms with E-state index in [0.29, 0.717) is 37.4 Å². The van der Waals surface area contributed by atoms with Crippen molar-refractivity contribution in [2.24, 2.45) is 0 Å². The van der Waals surface area contributed by atoms with Gasteiger partial charge in [-0.2, -0.15) is 0 Å². The highest BCUT2D eigenvalue weighted by atomic mass is 79.9. The Labute approximate surface area is 161 Å². The molecular formula is C18H24BrN3O4. The third-order valence-electron chi connectivity index (χ3n) is 3.74. The minimum absolute atomic E-state index is 0.176. The maximum Gasteiger partial charge on any atom is 0.410 e. The van der Waals surface area contributed by atoms with Crippen LogP contribution in [0.3, 0.4) is 0 Å². The van der Waals surface area contributed by atoms with Gasteiger partial charge in [0.25, 0.3) is 5.91 Å². The fourth-order valence-corrected chi connectivity index (χ4v) is 2.95. The first kappa shape index (κ1) is 20.2. The van der Waals surface area contributed by atoms with Crippen molar-refractivity contribution in [1.29, 1.82) is 0 Å². The van der Waals surface area contributed by atoms with E-state index in [2.05, 4.69) is 21.2 Å². The number of hydrogen-bond acceptors (Lipinski definition) is 4. The number of nitrogens with one attached hydrogen (secondary N) is 1. The summed E-state index contributed by atoms with van der Waals surface area (Å²) in [7, 11) is 0. The number of carbonyl (C=O) groups is 3. The van der Waals surface area contributed by atoms with Gasteiger partial charge in [0, 0.05) is 37.6 Å². The minimum atomic E-state index is -0.547. The molecular weight excluding hydrogens is 402 g/mol. The van der Waals surface area contributed by atoms with Crippen molar-refractivity contribution < 1.29 is 19.1 Å². The smallest absolute Gasteiger partial charge is 0.410 e. The number of anilines is 1. The Morgan fingerprint density at radius 3 is 2.19 bits per heavy atom. The van der Waals surface area contributed by atoms with Crippen LogP contribution in [0.1, 0.15) is 38.1 Å². The molecule has 1 aliphatic heterocycles. The highest BCUT2D eigenvalue weighted by molar-refractivity contribution is 9.10. The van der Waals surface area contributed by atoms with Gasteiger partial charge in [-0.25, -0.2) is 4.79 Å². The van der Waals surface area contributed by atoms with Crippen LogP contribution in [0.15, 0.2) is 22.7 Å². The van der Waals surface area contributed by atoms with Crippen molar-refractivity contribution in [2.75, 3.05) is 31.5 Å². The minimum Gasteiger partial charge on any atom is -0.444 e. The number of hydrogen-bond donors (Lipinski definition) is 1. The quantitative estimate of drug-likeness (QED) is 0.789.